The SMILES string of the molecule is CSc1nc2ccccc2c(=O)n1-c1ccc([N+](=O)[O-])cc1. The van der Waals surface area contributed by atoms with Crippen LogP contribution in [0.4, 0.5) is 5.69 Å². The van der Waals surface area contributed by atoms with Crippen molar-refractivity contribution in [1.29, 1.82) is 0 Å². The van der Waals surface area contributed by atoms with Crippen molar-refractivity contribution in [3.63, 3.8) is 0 Å². The van der Waals surface area contributed by atoms with E-state index in [1.54, 1.807) is 30.3 Å². The molecule has 1 aromatic heterocycles. The summed E-state index contributed by atoms with van der Waals surface area (Å²) < 4.78 is 1.47. The van der Waals surface area contributed by atoms with Gasteiger partial charge in [0.25, 0.3) is 11.2 Å². The fraction of sp³-hybridized carbons (Fsp3) is 0.0667. The van der Waals surface area contributed by atoms with Gasteiger partial charge in [-0.15, -0.1) is 0 Å². The number of hydrogen-bond donors (Lipinski definition) is 0. The maximum atomic E-state index is 12.7. The van der Waals surface area contributed by atoms with Gasteiger partial charge in [0.1, 0.15) is 0 Å². The lowest BCUT2D eigenvalue weighted by Crippen LogP contribution is -2.21. The summed E-state index contributed by atoms with van der Waals surface area (Å²) in [6, 6.07) is 13.0. The molecular formula is C15H11N3O3S. The highest BCUT2D eigenvalue weighted by Crippen LogP contribution is 2.21. The number of rotatable bonds is 3. The van der Waals surface area contributed by atoms with Gasteiger partial charge in [0.05, 0.1) is 21.5 Å². The average Bonchev–Trinajstić information content (AvgIpc) is 2.55. The highest BCUT2D eigenvalue weighted by atomic mass is 32.2. The number of thioether (sulfide) groups is 1. The van der Waals surface area contributed by atoms with Gasteiger partial charge in [0.2, 0.25) is 0 Å². The molecule has 0 bridgehead atoms. The van der Waals surface area contributed by atoms with Crippen LogP contribution < -0.4 is 5.56 Å². The molecule has 0 aliphatic rings. The van der Waals surface area contributed by atoms with E-state index < -0.39 is 4.92 Å². The number of hydrogen-bond acceptors (Lipinski definition) is 5. The van der Waals surface area contributed by atoms with Crippen LogP contribution >= 0.6 is 11.8 Å². The number of nitro benzene ring substituents is 1. The number of nitrogens with zero attached hydrogens (tertiary/aromatic N) is 3. The largest absolute Gasteiger partial charge is 0.269 e. The Kier molecular flexibility index (Phi) is 3.64. The zero-order valence-electron chi connectivity index (χ0n) is 11.6. The third-order valence-electron chi connectivity index (χ3n) is 3.25. The molecule has 0 saturated carbocycles. The maximum Gasteiger partial charge on any atom is 0.269 e. The van der Waals surface area contributed by atoms with Crippen LogP contribution in [0.25, 0.3) is 16.6 Å². The number of benzene rings is 2. The van der Waals surface area contributed by atoms with Crippen molar-refractivity contribution in [2.45, 2.75) is 5.16 Å². The Hall–Kier alpha value is -2.67. The van der Waals surface area contributed by atoms with E-state index in [4.69, 9.17) is 0 Å². The molecule has 1 heterocycles. The number of nitro groups is 1. The molecule has 6 nitrogen and oxygen atoms in total. The van der Waals surface area contributed by atoms with Crippen LogP contribution in [0.3, 0.4) is 0 Å². The zero-order valence-corrected chi connectivity index (χ0v) is 12.4. The molecule has 22 heavy (non-hydrogen) atoms. The second-order valence-electron chi connectivity index (χ2n) is 4.53. The molecular weight excluding hydrogens is 302 g/mol. The first-order chi connectivity index (χ1) is 10.6. The monoisotopic (exact) mass is 313 g/mol. The Bertz CT molecular complexity index is 919. The quantitative estimate of drug-likeness (QED) is 0.321. The van der Waals surface area contributed by atoms with Gasteiger partial charge >= 0.3 is 0 Å². The minimum Gasteiger partial charge on any atom is -0.268 e. The van der Waals surface area contributed by atoms with Crippen molar-refractivity contribution in [3.8, 4) is 5.69 Å². The molecule has 0 amide bonds. The predicted octanol–water partition coefficient (Wildman–Crippen LogP) is 3.02. The molecule has 0 spiro atoms. The van der Waals surface area contributed by atoms with Gasteiger partial charge in [-0.3, -0.25) is 19.5 Å². The maximum absolute atomic E-state index is 12.7. The fourth-order valence-electron chi connectivity index (χ4n) is 2.20. The molecule has 0 aliphatic carbocycles. The minimum atomic E-state index is -0.472. The molecule has 110 valence electrons. The first kappa shape index (κ1) is 14.3. The minimum absolute atomic E-state index is 0.0174. The molecule has 0 N–H and O–H groups in total. The van der Waals surface area contributed by atoms with E-state index >= 15 is 0 Å². The summed E-state index contributed by atoms with van der Waals surface area (Å²) in [5.74, 6) is 0. The van der Waals surface area contributed by atoms with Crippen LogP contribution in [0, 0.1) is 10.1 Å². The molecule has 0 atom stereocenters. The lowest BCUT2D eigenvalue weighted by Gasteiger charge is -2.11. The molecule has 0 aliphatic heterocycles. The van der Waals surface area contributed by atoms with Crippen molar-refractivity contribution in [2.24, 2.45) is 0 Å². The summed E-state index contributed by atoms with van der Waals surface area (Å²) in [5.41, 5.74) is 0.980. The van der Waals surface area contributed by atoms with Crippen molar-refractivity contribution in [3.05, 3.63) is 69.0 Å². The molecule has 2 aromatic carbocycles. The summed E-state index contributed by atoms with van der Waals surface area (Å²) in [6.07, 6.45) is 1.83. The highest BCUT2D eigenvalue weighted by Gasteiger charge is 2.13. The van der Waals surface area contributed by atoms with Crippen LogP contribution in [-0.2, 0) is 0 Å². The lowest BCUT2D eigenvalue weighted by molar-refractivity contribution is -0.384. The van der Waals surface area contributed by atoms with E-state index in [0.29, 0.717) is 21.7 Å². The molecule has 0 fully saturated rings. The smallest absolute Gasteiger partial charge is 0.268 e. The molecule has 0 saturated heterocycles. The summed E-state index contributed by atoms with van der Waals surface area (Å²) >= 11 is 1.35. The first-order valence-electron chi connectivity index (χ1n) is 6.42. The third-order valence-corrected chi connectivity index (χ3v) is 3.89. The number of aromatic nitrogens is 2. The highest BCUT2D eigenvalue weighted by molar-refractivity contribution is 7.98. The number of para-hydroxylation sites is 1. The molecule has 3 aromatic rings. The summed E-state index contributed by atoms with van der Waals surface area (Å²) in [7, 11) is 0. The van der Waals surface area contributed by atoms with E-state index in [-0.39, 0.29) is 11.2 Å². The van der Waals surface area contributed by atoms with Crippen LogP contribution in [0.5, 0.6) is 0 Å². The van der Waals surface area contributed by atoms with Crippen molar-refractivity contribution in [1.82, 2.24) is 9.55 Å². The summed E-state index contributed by atoms with van der Waals surface area (Å²) in [5, 5.41) is 11.8. The lowest BCUT2D eigenvalue weighted by atomic mass is 10.2. The average molecular weight is 313 g/mol. The van der Waals surface area contributed by atoms with Gasteiger partial charge in [0.15, 0.2) is 5.16 Å². The predicted molar refractivity (Wildman–Crippen MR) is 85.8 cm³/mol. The topological polar surface area (TPSA) is 78.0 Å². The van der Waals surface area contributed by atoms with Gasteiger partial charge in [-0.1, -0.05) is 23.9 Å². The molecule has 0 radical (unpaired) electrons. The second-order valence-corrected chi connectivity index (χ2v) is 5.30. The Morgan fingerprint density at radius 1 is 1.14 bits per heavy atom. The van der Waals surface area contributed by atoms with E-state index in [0.717, 1.165) is 0 Å². The number of fused-ring (bicyclic) bond motifs is 1. The van der Waals surface area contributed by atoms with Gasteiger partial charge in [-0.2, -0.15) is 0 Å². The van der Waals surface area contributed by atoms with Gasteiger partial charge in [0, 0.05) is 12.1 Å². The van der Waals surface area contributed by atoms with Crippen LogP contribution in [-0.4, -0.2) is 20.7 Å². The second kappa shape index (κ2) is 5.61. The number of non-ortho nitro benzene ring substituents is 1. The van der Waals surface area contributed by atoms with Crippen LogP contribution in [0.2, 0.25) is 0 Å². The summed E-state index contributed by atoms with van der Waals surface area (Å²) in [6.45, 7) is 0. The van der Waals surface area contributed by atoms with E-state index in [1.807, 2.05) is 12.3 Å². The molecule has 7 heteroatoms. The van der Waals surface area contributed by atoms with Gasteiger partial charge in [-0.25, -0.2) is 4.98 Å². The standard InChI is InChI=1S/C15H11N3O3S/c1-22-15-16-13-5-3-2-4-12(13)14(19)17(15)10-6-8-11(9-7-10)18(20)21/h2-9H,1H3. The Morgan fingerprint density at radius 3 is 2.45 bits per heavy atom. The Labute approximate surface area is 129 Å². The van der Waals surface area contributed by atoms with Crippen LogP contribution in [0.1, 0.15) is 0 Å². The van der Waals surface area contributed by atoms with E-state index in [2.05, 4.69) is 4.98 Å². The van der Waals surface area contributed by atoms with Gasteiger partial charge in [-0.05, 0) is 30.5 Å². The Balaban J connectivity index is 2.27. The zero-order chi connectivity index (χ0) is 15.7. The third kappa shape index (κ3) is 2.35. The Morgan fingerprint density at radius 2 is 1.82 bits per heavy atom. The van der Waals surface area contributed by atoms with Crippen molar-refractivity contribution < 1.29 is 4.92 Å². The van der Waals surface area contributed by atoms with Crippen LogP contribution in [0.15, 0.2) is 58.5 Å². The van der Waals surface area contributed by atoms with Crippen molar-refractivity contribution >= 4 is 28.4 Å². The summed E-state index contributed by atoms with van der Waals surface area (Å²) in [4.78, 5) is 27.4. The fourth-order valence-corrected chi connectivity index (χ4v) is 2.76. The first-order valence-corrected chi connectivity index (χ1v) is 7.65. The van der Waals surface area contributed by atoms with Crippen molar-refractivity contribution in [2.75, 3.05) is 6.26 Å². The van der Waals surface area contributed by atoms with E-state index in [9.17, 15) is 14.9 Å². The normalized spacial score (nSPS) is 10.8. The van der Waals surface area contributed by atoms with Gasteiger partial charge < -0.3 is 0 Å². The molecule has 0 unspecified atom stereocenters. The molecule has 3 rings (SSSR count). The van der Waals surface area contributed by atoms with E-state index in [1.165, 1.54) is 28.5 Å².